The minimum absolute atomic E-state index is 0.0129. The number of amides is 1. The van der Waals surface area contributed by atoms with Crippen molar-refractivity contribution in [3.8, 4) is 0 Å². The number of piperazine rings is 1. The molecular formula is C21H27N5O2. The van der Waals surface area contributed by atoms with Crippen molar-refractivity contribution in [2.45, 2.75) is 0 Å². The van der Waals surface area contributed by atoms with Gasteiger partial charge >= 0.3 is 0 Å². The smallest absolute Gasteiger partial charge is 0.255 e. The van der Waals surface area contributed by atoms with Crippen molar-refractivity contribution in [3.63, 3.8) is 0 Å². The third-order valence-corrected chi connectivity index (χ3v) is 5.32. The van der Waals surface area contributed by atoms with E-state index in [1.54, 1.807) is 6.20 Å². The van der Waals surface area contributed by atoms with Gasteiger partial charge < -0.3 is 24.8 Å². The lowest BCUT2D eigenvalue weighted by Crippen LogP contribution is -2.44. The summed E-state index contributed by atoms with van der Waals surface area (Å²) in [6.07, 6.45) is 1.64. The minimum atomic E-state index is 0.0129. The van der Waals surface area contributed by atoms with Crippen molar-refractivity contribution in [1.82, 2.24) is 14.8 Å². The molecule has 0 saturated carbocycles. The van der Waals surface area contributed by atoms with E-state index in [2.05, 4.69) is 51.4 Å². The summed E-state index contributed by atoms with van der Waals surface area (Å²) in [5.41, 5.74) is 2.84. The van der Waals surface area contributed by atoms with Crippen LogP contribution in [0.4, 0.5) is 17.2 Å². The fraction of sp³-hybridized carbons (Fsp3) is 0.429. The summed E-state index contributed by atoms with van der Waals surface area (Å²) in [4.78, 5) is 23.5. The first-order valence-electron chi connectivity index (χ1n) is 9.83. The van der Waals surface area contributed by atoms with Gasteiger partial charge in [0.25, 0.3) is 5.91 Å². The molecule has 1 aromatic heterocycles. The Kier molecular flexibility index (Phi) is 5.73. The number of aromatic nitrogens is 1. The van der Waals surface area contributed by atoms with Crippen LogP contribution in [0.3, 0.4) is 0 Å². The summed E-state index contributed by atoms with van der Waals surface area (Å²) < 4.78 is 5.30. The molecular weight excluding hydrogens is 354 g/mol. The predicted octanol–water partition coefficient (Wildman–Crippen LogP) is 2.05. The van der Waals surface area contributed by atoms with Crippen LogP contribution in [0.2, 0.25) is 0 Å². The quantitative estimate of drug-likeness (QED) is 0.875. The molecule has 4 rings (SSSR count). The number of carbonyl (C=O) groups is 1. The summed E-state index contributed by atoms with van der Waals surface area (Å²) >= 11 is 0. The molecule has 0 atom stereocenters. The van der Waals surface area contributed by atoms with Crippen LogP contribution in [0.5, 0.6) is 0 Å². The Morgan fingerprint density at radius 2 is 1.68 bits per heavy atom. The highest BCUT2D eigenvalue weighted by atomic mass is 16.5. The number of nitrogens with zero attached hydrogens (tertiary/aromatic N) is 4. The van der Waals surface area contributed by atoms with Crippen LogP contribution in [-0.4, -0.2) is 80.2 Å². The molecule has 1 aromatic carbocycles. The molecule has 28 heavy (non-hydrogen) atoms. The molecule has 3 heterocycles. The number of hydrogen-bond acceptors (Lipinski definition) is 6. The van der Waals surface area contributed by atoms with Gasteiger partial charge in [-0.3, -0.25) is 4.79 Å². The molecule has 2 aromatic rings. The maximum Gasteiger partial charge on any atom is 0.255 e. The highest BCUT2D eigenvalue weighted by Crippen LogP contribution is 2.21. The fourth-order valence-electron chi connectivity index (χ4n) is 3.51. The first-order chi connectivity index (χ1) is 13.7. The van der Waals surface area contributed by atoms with Gasteiger partial charge in [-0.1, -0.05) is 0 Å². The largest absolute Gasteiger partial charge is 0.378 e. The van der Waals surface area contributed by atoms with Crippen molar-refractivity contribution in [2.75, 3.05) is 69.7 Å². The van der Waals surface area contributed by atoms with Crippen LogP contribution >= 0.6 is 0 Å². The standard InChI is InChI=1S/C21H27N5O2/c1-24-8-10-25(11-9-24)19-5-3-18(4-6-19)23-20-7-2-17(16-22-20)21(27)26-12-14-28-15-13-26/h2-7,16H,8-15H2,1H3,(H,22,23). The number of nitrogens with one attached hydrogen (secondary N) is 1. The molecule has 1 amide bonds. The second-order valence-electron chi connectivity index (χ2n) is 7.30. The van der Waals surface area contributed by atoms with E-state index in [1.807, 2.05) is 17.0 Å². The molecule has 2 fully saturated rings. The molecule has 0 spiro atoms. The maximum atomic E-state index is 12.5. The number of rotatable bonds is 4. The summed E-state index contributed by atoms with van der Waals surface area (Å²) in [5, 5.41) is 3.30. The third kappa shape index (κ3) is 4.43. The average Bonchev–Trinajstić information content (AvgIpc) is 2.76. The number of morpholine rings is 1. The second-order valence-corrected chi connectivity index (χ2v) is 7.30. The molecule has 0 radical (unpaired) electrons. The van der Waals surface area contributed by atoms with Gasteiger partial charge in [-0.05, 0) is 43.4 Å². The molecule has 2 aliphatic rings. The van der Waals surface area contributed by atoms with Crippen molar-refractivity contribution >= 4 is 23.1 Å². The van der Waals surface area contributed by atoms with Crippen molar-refractivity contribution in [3.05, 3.63) is 48.2 Å². The molecule has 7 heteroatoms. The summed E-state index contributed by atoms with van der Waals surface area (Å²) in [7, 11) is 2.16. The zero-order chi connectivity index (χ0) is 19.3. The number of likely N-dealkylation sites (N-methyl/N-ethyl adjacent to an activating group) is 1. The lowest BCUT2D eigenvalue weighted by atomic mass is 10.2. The Balaban J connectivity index is 1.35. The molecule has 0 bridgehead atoms. The Hall–Kier alpha value is -2.64. The zero-order valence-electron chi connectivity index (χ0n) is 16.3. The summed E-state index contributed by atoms with van der Waals surface area (Å²) in [5.74, 6) is 0.741. The number of benzene rings is 1. The maximum absolute atomic E-state index is 12.5. The lowest BCUT2D eigenvalue weighted by Gasteiger charge is -2.34. The first kappa shape index (κ1) is 18.7. The SMILES string of the molecule is CN1CCN(c2ccc(Nc3ccc(C(=O)N4CCOCC4)cn3)cc2)CC1. The summed E-state index contributed by atoms with van der Waals surface area (Å²) in [6.45, 7) is 6.79. The third-order valence-electron chi connectivity index (χ3n) is 5.32. The topological polar surface area (TPSA) is 60.9 Å². The van der Waals surface area contributed by atoms with E-state index in [0.29, 0.717) is 31.9 Å². The fourth-order valence-corrected chi connectivity index (χ4v) is 3.51. The molecule has 7 nitrogen and oxygen atoms in total. The molecule has 0 aliphatic carbocycles. The Morgan fingerprint density at radius 1 is 0.964 bits per heavy atom. The van der Waals surface area contributed by atoms with Gasteiger partial charge in [-0.15, -0.1) is 0 Å². The van der Waals surface area contributed by atoms with E-state index in [9.17, 15) is 4.79 Å². The minimum Gasteiger partial charge on any atom is -0.378 e. The van der Waals surface area contributed by atoms with Gasteiger partial charge in [0, 0.05) is 56.8 Å². The Bertz CT molecular complexity index is 779. The van der Waals surface area contributed by atoms with Crippen LogP contribution < -0.4 is 10.2 Å². The van der Waals surface area contributed by atoms with E-state index in [0.717, 1.165) is 37.7 Å². The zero-order valence-corrected chi connectivity index (χ0v) is 16.3. The number of ether oxygens (including phenoxy) is 1. The molecule has 1 N–H and O–H groups in total. The van der Waals surface area contributed by atoms with E-state index < -0.39 is 0 Å². The van der Waals surface area contributed by atoms with Gasteiger partial charge in [0.2, 0.25) is 0 Å². The van der Waals surface area contributed by atoms with Crippen LogP contribution in [0, 0.1) is 0 Å². The van der Waals surface area contributed by atoms with Gasteiger partial charge in [-0.2, -0.15) is 0 Å². The summed E-state index contributed by atoms with van der Waals surface area (Å²) in [6, 6.07) is 12.1. The number of pyridine rings is 1. The second kappa shape index (κ2) is 8.58. The molecule has 2 saturated heterocycles. The van der Waals surface area contributed by atoms with E-state index >= 15 is 0 Å². The number of hydrogen-bond donors (Lipinski definition) is 1. The molecule has 0 unspecified atom stereocenters. The Morgan fingerprint density at radius 3 is 2.32 bits per heavy atom. The number of carbonyl (C=O) groups excluding carboxylic acids is 1. The van der Waals surface area contributed by atoms with Crippen LogP contribution in [-0.2, 0) is 4.74 Å². The lowest BCUT2D eigenvalue weighted by molar-refractivity contribution is 0.0302. The van der Waals surface area contributed by atoms with Gasteiger partial charge in [-0.25, -0.2) is 4.98 Å². The highest BCUT2D eigenvalue weighted by Gasteiger charge is 2.18. The Labute approximate surface area is 165 Å². The van der Waals surface area contributed by atoms with Crippen LogP contribution in [0.15, 0.2) is 42.6 Å². The molecule has 2 aliphatic heterocycles. The first-order valence-corrected chi connectivity index (χ1v) is 9.83. The van der Waals surface area contributed by atoms with E-state index in [-0.39, 0.29) is 5.91 Å². The van der Waals surface area contributed by atoms with Crippen molar-refractivity contribution in [2.24, 2.45) is 0 Å². The number of anilines is 3. The average molecular weight is 381 g/mol. The van der Waals surface area contributed by atoms with Gasteiger partial charge in [0.15, 0.2) is 0 Å². The van der Waals surface area contributed by atoms with Crippen molar-refractivity contribution < 1.29 is 9.53 Å². The normalized spacial score (nSPS) is 18.2. The van der Waals surface area contributed by atoms with Crippen LogP contribution in [0.1, 0.15) is 10.4 Å². The molecule has 148 valence electrons. The monoisotopic (exact) mass is 381 g/mol. The van der Waals surface area contributed by atoms with Gasteiger partial charge in [0.1, 0.15) is 5.82 Å². The highest BCUT2D eigenvalue weighted by molar-refractivity contribution is 5.94. The van der Waals surface area contributed by atoms with Crippen LogP contribution in [0.25, 0.3) is 0 Å². The van der Waals surface area contributed by atoms with E-state index in [4.69, 9.17) is 4.74 Å². The predicted molar refractivity (Wildman–Crippen MR) is 110 cm³/mol. The van der Waals surface area contributed by atoms with Crippen molar-refractivity contribution in [1.29, 1.82) is 0 Å². The van der Waals surface area contributed by atoms with E-state index in [1.165, 1.54) is 5.69 Å². The van der Waals surface area contributed by atoms with Gasteiger partial charge in [0.05, 0.1) is 18.8 Å².